The molecule has 0 aliphatic carbocycles. The summed E-state index contributed by atoms with van der Waals surface area (Å²) in [5.41, 5.74) is 2.02. The fourth-order valence-electron chi connectivity index (χ4n) is 2.52. The molecule has 0 aliphatic rings. The number of benzene rings is 2. The molecule has 0 bridgehead atoms. The lowest BCUT2D eigenvalue weighted by molar-refractivity contribution is 0.416. The van der Waals surface area contributed by atoms with Gasteiger partial charge in [-0.3, -0.25) is 4.57 Å². The zero-order valence-corrected chi connectivity index (χ0v) is 17.3. The monoisotopic (exact) mass is 449 g/mol. The van der Waals surface area contributed by atoms with Gasteiger partial charge in [-0.2, -0.15) is 0 Å². The largest absolute Gasteiger partial charge is 0.496 e. The summed E-state index contributed by atoms with van der Waals surface area (Å²) in [7, 11) is 1.63. The molecule has 0 aliphatic heterocycles. The highest BCUT2D eigenvalue weighted by molar-refractivity contribution is 9.10. The second kappa shape index (κ2) is 8.75. The van der Waals surface area contributed by atoms with E-state index in [2.05, 4.69) is 44.8 Å². The molecule has 7 heteroatoms. The molecule has 0 amide bonds. The Morgan fingerprint density at radius 3 is 2.85 bits per heavy atom. The van der Waals surface area contributed by atoms with Crippen molar-refractivity contribution in [3.05, 3.63) is 70.2 Å². The van der Waals surface area contributed by atoms with Crippen LogP contribution in [-0.2, 0) is 12.3 Å². The van der Waals surface area contributed by atoms with E-state index in [1.54, 1.807) is 24.9 Å². The molecule has 0 unspecified atom stereocenters. The predicted molar refractivity (Wildman–Crippen MR) is 111 cm³/mol. The van der Waals surface area contributed by atoms with Crippen molar-refractivity contribution < 1.29 is 4.74 Å². The Labute approximate surface area is 170 Å². The lowest BCUT2D eigenvalue weighted by Crippen LogP contribution is -2.02. The number of hydrogen-bond donors (Lipinski definition) is 0. The van der Waals surface area contributed by atoms with Crippen LogP contribution in [0.3, 0.4) is 0 Å². The van der Waals surface area contributed by atoms with Gasteiger partial charge in [-0.25, -0.2) is 0 Å². The number of thioether (sulfide) groups is 1. The van der Waals surface area contributed by atoms with Gasteiger partial charge in [0.25, 0.3) is 0 Å². The minimum absolute atomic E-state index is 0.596. The smallest absolute Gasteiger partial charge is 0.192 e. The van der Waals surface area contributed by atoms with Crippen LogP contribution in [0.15, 0.2) is 64.7 Å². The zero-order chi connectivity index (χ0) is 18.5. The van der Waals surface area contributed by atoms with Crippen molar-refractivity contribution in [2.75, 3.05) is 7.11 Å². The third-order valence-electron chi connectivity index (χ3n) is 3.69. The Bertz CT molecular complexity index is 929. The number of methoxy groups -OCH3 is 1. The molecule has 3 aromatic rings. The highest BCUT2D eigenvalue weighted by Gasteiger charge is 2.17. The number of hydrogen-bond acceptors (Lipinski definition) is 4. The molecule has 2 aromatic carbocycles. The van der Waals surface area contributed by atoms with Gasteiger partial charge in [0.15, 0.2) is 11.0 Å². The quantitative estimate of drug-likeness (QED) is 0.334. The number of halogens is 2. The van der Waals surface area contributed by atoms with Crippen molar-refractivity contribution in [1.29, 1.82) is 0 Å². The van der Waals surface area contributed by atoms with Crippen molar-refractivity contribution in [2.24, 2.45) is 0 Å². The van der Waals surface area contributed by atoms with Gasteiger partial charge in [-0.1, -0.05) is 57.5 Å². The Morgan fingerprint density at radius 1 is 1.27 bits per heavy atom. The van der Waals surface area contributed by atoms with Crippen LogP contribution in [0.2, 0.25) is 5.02 Å². The molecule has 0 atom stereocenters. The minimum atomic E-state index is 0.596. The van der Waals surface area contributed by atoms with Crippen LogP contribution in [0, 0.1) is 0 Å². The summed E-state index contributed by atoms with van der Waals surface area (Å²) in [6.45, 7) is 4.45. The lowest BCUT2D eigenvalue weighted by Gasteiger charge is -2.11. The molecule has 0 spiro atoms. The van der Waals surface area contributed by atoms with E-state index < -0.39 is 0 Å². The maximum atomic E-state index is 6.17. The van der Waals surface area contributed by atoms with Crippen LogP contribution < -0.4 is 4.74 Å². The molecule has 26 heavy (non-hydrogen) atoms. The van der Waals surface area contributed by atoms with Gasteiger partial charge in [0.05, 0.1) is 12.7 Å². The second-order valence-electron chi connectivity index (χ2n) is 5.47. The van der Waals surface area contributed by atoms with Crippen molar-refractivity contribution in [2.45, 2.75) is 17.5 Å². The molecule has 0 saturated heterocycles. The predicted octanol–water partition coefficient (Wildman–Crippen LogP) is 5.85. The molecule has 1 aromatic heterocycles. The minimum Gasteiger partial charge on any atom is -0.496 e. The van der Waals surface area contributed by atoms with E-state index in [1.807, 2.05) is 34.9 Å². The molecule has 0 fully saturated rings. The molecule has 0 radical (unpaired) electrons. The Balaban J connectivity index is 1.94. The van der Waals surface area contributed by atoms with Crippen LogP contribution in [0.5, 0.6) is 5.75 Å². The number of ether oxygens (including phenoxy) is 1. The third kappa shape index (κ3) is 4.31. The highest BCUT2D eigenvalue weighted by Crippen LogP contribution is 2.34. The first-order chi connectivity index (χ1) is 12.6. The van der Waals surface area contributed by atoms with E-state index in [4.69, 9.17) is 16.3 Å². The summed E-state index contributed by atoms with van der Waals surface area (Å²) in [5, 5.41) is 10.2. The van der Waals surface area contributed by atoms with Gasteiger partial charge in [0.2, 0.25) is 0 Å². The number of aromatic nitrogens is 3. The van der Waals surface area contributed by atoms with Crippen molar-refractivity contribution in [1.82, 2.24) is 14.8 Å². The normalized spacial score (nSPS) is 10.7. The average Bonchev–Trinajstić information content (AvgIpc) is 3.03. The van der Waals surface area contributed by atoms with Crippen molar-refractivity contribution in [3.8, 4) is 17.1 Å². The standard InChI is InChI=1S/C19H17BrClN3OS/c1-3-9-24-18(16-11-15(21)7-8-17(16)25-2)22-23-19(24)26-12-13-5-4-6-14(20)10-13/h3-8,10-11H,1,9,12H2,2H3. The van der Waals surface area contributed by atoms with Gasteiger partial charge in [0.1, 0.15) is 5.75 Å². The third-order valence-corrected chi connectivity index (χ3v) is 5.45. The molecule has 0 saturated carbocycles. The summed E-state index contributed by atoms with van der Waals surface area (Å²) in [4.78, 5) is 0. The fourth-order valence-corrected chi connectivity index (χ4v) is 4.03. The molecule has 0 N–H and O–H groups in total. The van der Waals surface area contributed by atoms with Gasteiger partial charge in [0, 0.05) is 21.8 Å². The maximum absolute atomic E-state index is 6.17. The molecular formula is C19H17BrClN3OS. The van der Waals surface area contributed by atoms with E-state index in [-0.39, 0.29) is 0 Å². The molecule has 134 valence electrons. The van der Waals surface area contributed by atoms with Gasteiger partial charge >= 0.3 is 0 Å². The van der Waals surface area contributed by atoms with E-state index in [9.17, 15) is 0 Å². The summed E-state index contributed by atoms with van der Waals surface area (Å²) < 4.78 is 8.54. The van der Waals surface area contributed by atoms with E-state index in [0.717, 1.165) is 20.9 Å². The fraction of sp³-hybridized carbons (Fsp3) is 0.158. The van der Waals surface area contributed by atoms with Gasteiger partial charge in [-0.05, 0) is 35.9 Å². The second-order valence-corrected chi connectivity index (χ2v) is 7.76. The number of allylic oxidation sites excluding steroid dienone is 1. The summed E-state index contributed by atoms with van der Waals surface area (Å²) in [5.74, 6) is 2.21. The summed E-state index contributed by atoms with van der Waals surface area (Å²) in [6, 6.07) is 13.7. The zero-order valence-electron chi connectivity index (χ0n) is 14.2. The topological polar surface area (TPSA) is 39.9 Å². The van der Waals surface area contributed by atoms with Crippen molar-refractivity contribution >= 4 is 39.3 Å². The van der Waals surface area contributed by atoms with Crippen LogP contribution in [0.1, 0.15) is 5.56 Å². The molecular weight excluding hydrogens is 434 g/mol. The first kappa shape index (κ1) is 19.0. The number of rotatable bonds is 7. The lowest BCUT2D eigenvalue weighted by atomic mass is 10.2. The van der Waals surface area contributed by atoms with Crippen molar-refractivity contribution in [3.63, 3.8) is 0 Å². The molecule has 3 rings (SSSR count). The van der Waals surface area contributed by atoms with Gasteiger partial charge < -0.3 is 4.74 Å². The summed E-state index contributed by atoms with van der Waals surface area (Å²) in [6.07, 6.45) is 1.83. The van der Waals surface area contributed by atoms with Gasteiger partial charge in [-0.15, -0.1) is 16.8 Å². The Hall–Kier alpha value is -1.76. The molecule has 1 heterocycles. The first-order valence-corrected chi connectivity index (χ1v) is 10.0. The Morgan fingerprint density at radius 2 is 2.12 bits per heavy atom. The van der Waals surface area contributed by atoms with Crippen LogP contribution in [0.4, 0.5) is 0 Å². The van der Waals surface area contributed by atoms with Crippen LogP contribution in [0.25, 0.3) is 11.4 Å². The SMILES string of the molecule is C=CCn1c(SCc2cccc(Br)c2)nnc1-c1cc(Cl)ccc1OC. The van der Waals surface area contributed by atoms with E-state index in [0.29, 0.717) is 23.1 Å². The van der Waals surface area contributed by atoms with Crippen LogP contribution >= 0.6 is 39.3 Å². The maximum Gasteiger partial charge on any atom is 0.192 e. The van der Waals surface area contributed by atoms with E-state index in [1.165, 1.54) is 5.56 Å². The first-order valence-electron chi connectivity index (χ1n) is 7.87. The summed E-state index contributed by atoms with van der Waals surface area (Å²) >= 11 is 11.3. The average molecular weight is 451 g/mol. The number of nitrogens with zero attached hydrogens (tertiary/aromatic N) is 3. The highest BCUT2D eigenvalue weighted by atomic mass is 79.9. The van der Waals surface area contributed by atoms with Crippen LogP contribution in [-0.4, -0.2) is 21.9 Å². The van der Waals surface area contributed by atoms with E-state index >= 15 is 0 Å². The molecule has 4 nitrogen and oxygen atoms in total. The Kier molecular flexibility index (Phi) is 6.40.